The number of sulfonamides is 1. The molecule has 29 heavy (non-hydrogen) atoms. The molecular formula is C23H30N2O3S. The van der Waals surface area contributed by atoms with E-state index >= 15 is 0 Å². The van der Waals surface area contributed by atoms with Crippen LogP contribution < -0.4 is 4.72 Å². The van der Waals surface area contributed by atoms with Crippen LogP contribution >= 0.6 is 0 Å². The molecule has 1 aliphatic rings. The van der Waals surface area contributed by atoms with Gasteiger partial charge in [0.1, 0.15) is 0 Å². The zero-order chi connectivity index (χ0) is 20.9. The van der Waals surface area contributed by atoms with Crippen molar-refractivity contribution in [3.8, 4) is 0 Å². The molecule has 2 aromatic carbocycles. The molecule has 0 radical (unpaired) electrons. The molecule has 1 amide bonds. The monoisotopic (exact) mass is 414 g/mol. The first-order valence-electron chi connectivity index (χ1n) is 10.3. The van der Waals surface area contributed by atoms with E-state index in [1.165, 1.54) is 5.56 Å². The third-order valence-corrected chi connectivity index (χ3v) is 7.18. The van der Waals surface area contributed by atoms with Crippen molar-refractivity contribution in [2.24, 2.45) is 5.92 Å². The maximum Gasteiger partial charge on any atom is 0.240 e. The molecule has 0 aliphatic carbocycles. The molecule has 0 aromatic heterocycles. The molecule has 1 N–H and O–H groups in total. The van der Waals surface area contributed by atoms with Crippen LogP contribution in [0.2, 0.25) is 0 Å². The second-order valence-electron chi connectivity index (χ2n) is 7.88. The molecule has 0 bridgehead atoms. The van der Waals surface area contributed by atoms with Crippen molar-refractivity contribution in [3.05, 3.63) is 65.7 Å². The van der Waals surface area contributed by atoms with Gasteiger partial charge in [-0.1, -0.05) is 56.3 Å². The fourth-order valence-electron chi connectivity index (χ4n) is 3.64. The molecule has 3 rings (SSSR count). The summed E-state index contributed by atoms with van der Waals surface area (Å²) in [5.74, 6) is 0.515. The van der Waals surface area contributed by atoms with Crippen LogP contribution in [0.4, 0.5) is 0 Å². The maximum absolute atomic E-state index is 12.6. The molecule has 156 valence electrons. The first kappa shape index (κ1) is 21.5. The van der Waals surface area contributed by atoms with Gasteiger partial charge in [-0.25, -0.2) is 13.1 Å². The Morgan fingerprint density at radius 2 is 1.79 bits per heavy atom. The Kier molecular flexibility index (Phi) is 7.09. The number of amides is 1. The number of nitrogens with zero attached hydrogens (tertiary/aromatic N) is 1. The van der Waals surface area contributed by atoms with Crippen LogP contribution in [0.3, 0.4) is 0 Å². The van der Waals surface area contributed by atoms with Gasteiger partial charge in [-0.05, 0) is 47.9 Å². The second kappa shape index (κ2) is 9.55. The zero-order valence-corrected chi connectivity index (χ0v) is 18.0. The molecule has 2 atom stereocenters. The molecule has 1 aliphatic heterocycles. The van der Waals surface area contributed by atoms with Crippen LogP contribution in [0.1, 0.15) is 43.7 Å². The lowest BCUT2D eigenvalue weighted by molar-refractivity contribution is -0.127. The van der Waals surface area contributed by atoms with Crippen molar-refractivity contribution in [3.63, 3.8) is 0 Å². The van der Waals surface area contributed by atoms with Crippen LogP contribution in [0.5, 0.6) is 0 Å². The fourth-order valence-corrected chi connectivity index (χ4v) is 4.75. The molecule has 2 aromatic rings. The number of carbonyl (C=O) groups excluding carboxylic acids is 1. The summed E-state index contributed by atoms with van der Waals surface area (Å²) in [5.41, 5.74) is 2.34. The summed E-state index contributed by atoms with van der Waals surface area (Å²) in [6, 6.07) is 17.2. The van der Waals surface area contributed by atoms with E-state index in [1.54, 1.807) is 12.1 Å². The lowest BCUT2D eigenvalue weighted by Gasteiger charge is -2.17. The van der Waals surface area contributed by atoms with Gasteiger partial charge in [0.2, 0.25) is 15.9 Å². The summed E-state index contributed by atoms with van der Waals surface area (Å²) >= 11 is 0. The number of carbonyl (C=O) groups is 1. The molecule has 0 saturated carbocycles. The number of benzene rings is 2. The third kappa shape index (κ3) is 5.67. The van der Waals surface area contributed by atoms with Crippen LogP contribution in [0.15, 0.2) is 59.5 Å². The molecule has 2 unspecified atom stereocenters. The molecule has 1 saturated heterocycles. The van der Waals surface area contributed by atoms with Crippen molar-refractivity contribution in [1.82, 2.24) is 9.62 Å². The quantitative estimate of drug-likeness (QED) is 0.682. The molecule has 1 fully saturated rings. The highest BCUT2D eigenvalue weighted by molar-refractivity contribution is 7.89. The van der Waals surface area contributed by atoms with E-state index in [0.29, 0.717) is 25.4 Å². The summed E-state index contributed by atoms with van der Waals surface area (Å²) < 4.78 is 27.9. The van der Waals surface area contributed by atoms with Gasteiger partial charge >= 0.3 is 0 Å². The summed E-state index contributed by atoms with van der Waals surface area (Å²) in [7, 11) is -3.57. The van der Waals surface area contributed by atoms with Crippen LogP contribution in [0.25, 0.3) is 0 Å². The Hall–Kier alpha value is -2.18. The van der Waals surface area contributed by atoms with Gasteiger partial charge in [-0.2, -0.15) is 0 Å². The van der Waals surface area contributed by atoms with Gasteiger partial charge in [0.25, 0.3) is 0 Å². The summed E-state index contributed by atoms with van der Waals surface area (Å²) in [6.45, 7) is 5.79. The van der Waals surface area contributed by atoms with E-state index in [-0.39, 0.29) is 23.3 Å². The SMILES string of the molecule is CCC(C)c1ccc(S(=O)(=O)NCC2CC(=O)N(CCc3ccccc3)C2)cc1. The van der Waals surface area contributed by atoms with Crippen molar-refractivity contribution >= 4 is 15.9 Å². The standard InChI is InChI=1S/C23H30N2O3S/c1-3-18(2)21-9-11-22(12-10-21)29(27,28)24-16-20-15-23(26)25(17-20)14-13-19-7-5-4-6-8-19/h4-12,18,20,24H,3,13-17H2,1-2H3. The predicted octanol–water partition coefficient (Wildman–Crippen LogP) is 3.57. The van der Waals surface area contributed by atoms with E-state index < -0.39 is 10.0 Å². The van der Waals surface area contributed by atoms with Crippen molar-refractivity contribution in [1.29, 1.82) is 0 Å². The topological polar surface area (TPSA) is 66.5 Å². The van der Waals surface area contributed by atoms with Crippen LogP contribution in [-0.2, 0) is 21.2 Å². The first-order chi connectivity index (χ1) is 13.9. The summed E-state index contributed by atoms with van der Waals surface area (Å²) in [4.78, 5) is 14.4. The molecule has 0 spiro atoms. The third-order valence-electron chi connectivity index (χ3n) is 5.74. The lowest BCUT2D eigenvalue weighted by Crippen LogP contribution is -2.32. The highest BCUT2D eigenvalue weighted by Crippen LogP contribution is 2.21. The van der Waals surface area contributed by atoms with Gasteiger partial charge in [0, 0.05) is 26.1 Å². The largest absolute Gasteiger partial charge is 0.342 e. The van der Waals surface area contributed by atoms with Crippen LogP contribution in [-0.4, -0.2) is 38.9 Å². The predicted molar refractivity (Wildman–Crippen MR) is 115 cm³/mol. The lowest BCUT2D eigenvalue weighted by atomic mass is 9.99. The van der Waals surface area contributed by atoms with Gasteiger partial charge in [-0.3, -0.25) is 4.79 Å². The Morgan fingerprint density at radius 1 is 1.10 bits per heavy atom. The smallest absolute Gasteiger partial charge is 0.240 e. The number of nitrogens with one attached hydrogen (secondary N) is 1. The van der Waals surface area contributed by atoms with E-state index in [2.05, 4.69) is 30.7 Å². The second-order valence-corrected chi connectivity index (χ2v) is 9.64. The zero-order valence-electron chi connectivity index (χ0n) is 17.2. The normalized spacial score (nSPS) is 18.2. The molecule has 1 heterocycles. The van der Waals surface area contributed by atoms with Gasteiger partial charge in [-0.15, -0.1) is 0 Å². The number of hydrogen-bond donors (Lipinski definition) is 1. The number of hydrogen-bond acceptors (Lipinski definition) is 3. The van der Waals surface area contributed by atoms with Crippen molar-refractivity contribution in [2.45, 2.75) is 43.9 Å². The molecular weight excluding hydrogens is 384 g/mol. The highest BCUT2D eigenvalue weighted by Gasteiger charge is 2.30. The highest BCUT2D eigenvalue weighted by atomic mass is 32.2. The van der Waals surface area contributed by atoms with Crippen LogP contribution in [0, 0.1) is 5.92 Å². The van der Waals surface area contributed by atoms with E-state index in [4.69, 9.17) is 0 Å². The average molecular weight is 415 g/mol. The fraction of sp³-hybridized carbons (Fsp3) is 0.435. The molecule has 5 nitrogen and oxygen atoms in total. The minimum absolute atomic E-state index is 0.00688. The summed E-state index contributed by atoms with van der Waals surface area (Å²) in [5, 5.41) is 0. The summed E-state index contributed by atoms with van der Waals surface area (Å²) in [6.07, 6.45) is 2.22. The van der Waals surface area contributed by atoms with Gasteiger partial charge in [0.15, 0.2) is 0 Å². The Labute approximate surface area is 174 Å². The van der Waals surface area contributed by atoms with Crippen molar-refractivity contribution in [2.75, 3.05) is 19.6 Å². The van der Waals surface area contributed by atoms with E-state index in [1.807, 2.05) is 35.2 Å². The number of rotatable bonds is 9. The van der Waals surface area contributed by atoms with Gasteiger partial charge < -0.3 is 4.90 Å². The first-order valence-corrected chi connectivity index (χ1v) is 11.8. The maximum atomic E-state index is 12.6. The van der Waals surface area contributed by atoms with Crippen molar-refractivity contribution < 1.29 is 13.2 Å². The average Bonchev–Trinajstić information content (AvgIpc) is 3.10. The Bertz CT molecular complexity index is 911. The van der Waals surface area contributed by atoms with E-state index in [0.717, 1.165) is 18.4 Å². The molecule has 6 heteroatoms. The minimum atomic E-state index is -3.57. The van der Waals surface area contributed by atoms with Gasteiger partial charge in [0.05, 0.1) is 4.90 Å². The number of likely N-dealkylation sites (tertiary alicyclic amines) is 1. The Morgan fingerprint density at radius 3 is 2.45 bits per heavy atom. The minimum Gasteiger partial charge on any atom is -0.342 e. The Balaban J connectivity index is 1.52. The van der Waals surface area contributed by atoms with E-state index in [9.17, 15) is 13.2 Å².